The molecule has 1 aliphatic heterocycles. The molecule has 148 valence electrons. The fourth-order valence-electron chi connectivity index (χ4n) is 3.06. The lowest BCUT2D eigenvalue weighted by Crippen LogP contribution is -2.40. The number of alkyl halides is 3. The monoisotopic (exact) mass is 410 g/mol. The summed E-state index contributed by atoms with van der Waals surface area (Å²) in [6.45, 7) is 6.16. The lowest BCUT2D eigenvalue weighted by Gasteiger charge is -2.29. The average Bonchev–Trinajstić information content (AvgIpc) is 2.58. The number of ether oxygens (including phenoxy) is 1. The molecule has 0 aromatic heterocycles. The SMILES string of the molecule is CC(C)(C)c1ccc(-c2cc(Cl)cc3c2OC(C(F)(F)F)C(C(=O)O)=C3)cc1. The van der Waals surface area contributed by atoms with Crippen molar-refractivity contribution in [2.24, 2.45) is 0 Å². The Bertz CT molecular complexity index is 955. The van der Waals surface area contributed by atoms with Crippen LogP contribution < -0.4 is 4.74 Å². The highest BCUT2D eigenvalue weighted by Crippen LogP contribution is 2.44. The van der Waals surface area contributed by atoms with Crippen LogP contribution in [0.3, 0.4) is 0 Å². The minimum Gasteiger partial charge on any atom is -0.478 e. The maximum atomic E-state index is 13.4. The van der Waals surface area contributed by atoms with Gasteiger partial charge in [0.05, 0.1) is 5.57 Å². The number of aliphatic carboxylic acids is 1. The average molecular weight is 411 g/mol. The molecule has 0 radical (unpaired) electrons. The van der Waals surface area contributed by atoms with E-state index < -0.39 is 23.8 Å². The second-order valence-corrected chi connectivity index (χ2v) is 8.08. The summed E-state index contributed by atoms with van der Waals surface area (Å²) in [7, 11) is 0. The van der Waals surface area contributed by atoms with Gasteiger partial charge in [-0.1, -0.05) is 56.6 Å². The molecule has 3 rings (SSSR count). The Hall–Kier alpha value is -2.47. The molecule has 0 bridgehead atoms. The zero-order valence-electron chi connectivity index (χ0n) is 15.4. The van der Waals surface area contributed by atoms with Crippen molar-refractivity contribution in [3.8, 4) is 16.9 Å². The van der Waals surface area contributed by atoms with Crippen LogP contribution in [0.1, 0.15) is 31.9 Å². The minimum atomic E-state index is -4.87. The van der Waals surface area contributed by atoms with Crippen LogP contribution >= 0.6 is 11.6 Å². The number of benzene rings is 2. The molecule has 1 N–H and O–H groups in total. The highest BCUT2D eigenvalue weighted by molar-refractivity contribution is 6.31. The molecule has 1 aliphatic rings. The van der Waals surface area contributed by atoms with Gasteiger partial charge in [0, 0.05) is 16.1 Å². The second-order valence-electron chi connectivity index (χ2n) is 7.64. The summed E-state index contributed by atoms with van der Waals surface area (Å²) in [4.78, 5) is 11.3. The summed E-state index contributed by atoms with van der Waals surface area (Å²) in [5.41, 5.74) is 1.30. The van der Waals surface area contributed by atoms with Gasteiger partial charge < -0.3 is 9.84 Å². The molecule has 1 heterocycles. The molecule has 2 aromatic carbocycles. The zero-order valence-corrected chi connectivity index (χ0v) is 16.2. The first kappa shape index (κ1) is 20.3. The fraction of sp³-hybridized carbons (Fsp3) is 0.286. The van der Waals surface area contributed by atoms with E-state index in [4.69, 9.17) is 16.3 Å². The topological polar surface area (TPSA) is 46.5 Å². The summed E-state index contributed by atoms with van der Waals surface area (Å²) in [5.74, 6) is -1.73. The van der Waals surface area contributed by atoms with Crippen molar-refractivity contribution in [2.75, 3.05) is 0 Å². The predicted molar refractivity (Wildman–Crippen MR) is 102 cm³/mol. The van der Waals surface area contributed by atoms with E-state index in [0.29, 0.717) is 11.1 Å². The van der Waals surface area contributed by atoms with Crippen LogP contribution in [0.5, 0.6) is 5.75 Å². The zero-order chi connectivity index (χ0) is 20.9. The smallest absolute Gasteiger partial charge is 0.430 e. The van der Waals surface area contributed by atoms with Gasteiger partial charge in [0.15, 0.2) is 0 Å². The van der Waals surface area contributed by atoms with Gasteiger partial charge in [0.1, 0.15) is 5.75 Å². The number of carboxylic acids is 1. The molecule has 7 heteroatoms. The minimum absolute atomic E-state index is 0.0415. The van der Waals surface area contributed by atoms with E-state index in [-0.39, 0.29) is 21.8 Å². The largest absolute Gasteiger partial charge is 0.478 e. The molecule has 1 atom stereocenters. The van der Waals surface area contributed by atoms with Crippen LogP contribution in [0, 0.1) is 0 Å². The summed E-state index contributed by atoms with van der Waals surface area (Å²) >= 11 is 6.13. The van der Waals surface area contributed by atoms with Crippen molar-refractivity contribution < 1.29 is 27.8 Å². The van der Waals surface area contributed by atoms with Gasteiger partial charge in [-0.3, -0.25) is 0 Å². The van der Waals surface area contributed by atoms with Crippen molar-refractivity contribution in [3.05, 3.63) is 58.1 Å². The van der Waals surface area contributed by atoms with Crippen molar-refractivity contribution in [1.82, 2.24) is 0 Å². The third-order valence-electron chi connectivity index (χ3n) is 4.52. The third kappa shape index (κ3) is 3.87. The molecule has 28 heavy (non-hydrogen) atoms. The Kier molecular flexibility index (Phi) is 4.96. The molecule has 0 fully saturated rings. The second kappa shape index (κ2) is 6.85. The normalized spacial score (nSPS) is 16.8. The number of hydrogen-bond donors (Lipinski definition) is 1. The number of carbonyl (C=O) groups is 1. The number of rotatable bonds is 2. The standard InChI is InChI=1S/C21H18ClF3O3/c1-20(2,3)13-6-4-11(5-7-13)15-10-14(22)8-12-9-16(19(26)27)18(21(23,24)25)28-17(12)15/h4-10,18H,1-3H3,(H,26,27). The lowest BCUT2D eigenvalue weighted by atomic mass is 9.86. The first-order valence-corrected chi connectivity index (χ1v) is 8.88. The van der Waals surface area contributed by atoms with E-state index in [0.717, 1.165) is 11.6 Å². The molecule has 0 aliphatic carbocycles. The van der Waals surface area contributed by atoms with Crippen LogP contribution in [0.4, 0.5) is 13.2 Å². The van der Waals surface area contributed by atoms with E-state index in [1.165, 1.54) is 12.1 Å². The number of hydrogen-bond acceptors (Lipinski definition) is 2. The summed E-state index contributed by atoms with van der Waals surface area (Å²) in [6, 6.07) is 10.3. The van der Waals surface area contributed by atoms with Gasteiger partial charge in [-0.2, -0.15) is 13.2 Å². The molecule has 0 saturated carbocycles. The molecule has 0 saturated heterocycles. The van der Waals surface area contributed by atoms with Crippen molar-refractivity contribution in [3.63, 3.8) is 0 Å². The Morgan fingerprint density at radius 1 is 1.11 bits per heavy atom. The predicted octanol–water partition coefficient (Wildman–Crippen LogP) is 6.10. The molecule has 0 spiro atoms. The van der Waals surface area contributed by atoms with Gasteiger partial charge >= 0.3 is 12.1 Å². The molecular formula is C21H18ClF3O3. The van der Waals surface area contributed by atoms with E-state index in [9.17, 15) is 23.1 Å². The van der Waals surface area contributed by atoms with Crippen LogP contribution in [-0.4, -0.2) is 23.4 Å². The fourth-order valence-corrected chi connectivity index (χ4v) is 3.29. The lowest BCUT2D eigenvalue weighted by molar-refractivity contribution is -0.187. The number of carboxylic acid groups (broad SMARTS) is 1. The maximum Gasteiger partial charge on any atom is 0.430 e. The molecule has 2 aromatic rings. The highest BCUT2D eigenvalue weighted by Gasteiger charge is 2.48. The highest BCUT2D eigenvalue weighted by atomic mass is 35.5. The van der Waals surface area contributed by atoms with E-state index in [1.54, 1.807) is 12.1 Å². The maximum absolute atomic E-state index is 13.4. The van der Waals surface area contributed by atoms with E-state index >= 15 is 0 Å². The van der Waals surface area contributed by atoms with Gasteiger partial charge in [0.2, 0.25) is 6.10 Å². The van der Waals surface area contributed by atoms with Crippen LogP contribution in [0.25, 0.3) is 17.2 Å². The van der Waals surface area contributed by atoms with E-state index in [2.05, 4.69) is 20.8 Å². The quantitative estimate of drug-likeness (QED) is 0.651. The van der Waals surface area contributed by atoms with Gasteiger partial charge in [-0.05, 0) is 34.8 Å². The number of fused-ring (bicyclic) bond motifs is 1. The first-order valence-electron chi connectivity index (χ1n) is 8.50. The number of halogens is 4. The summed E-state index contributed by atoms with van der Waals surface area (Å²) < 4.78 is 45.3. The molecular weight excluding hydrogens is 393 g/mol. The molecule has 3 nitrogen and oxygen atoms in total. The first-order chi connectivity index (χ1) is 12.9. The Morgan fingerprint density at radius 2 is 1.71 bits per heavy atom. The third-order valence-corrected chi connectivity index (χ3v) is 4.74. The van der Waals surface area contributed by atoms with Crippen LogP contribution in [0.15, 0.2) is 42.0 Å². The Labute approximate surface area is 165 Å². The van der Waals surface area contributed by atoms with Gasteiger partial charge in [-0.15, -0.1) is 0 Å². The van der Waals surface area contributed by atoms with Crippen molar-refractivity contribution in [1.29, 1.82) is 0 Å². The van der Waals surface area contributed by atoms with Crippen molar-refractivity contribution in [2.45, 2.75) is 38.5 Å². The summed E-state index contributed by atoms with van der Waals surface area (Å²) in [6.07, 6.45) is -6.45. The Balaban J connectivity index is 2.16. The molecule has 0 amide bonds. The van der Waals surface area contributed by atoms with Gasteiger partial charge in [-0.25, -0.2) is 4.79 Å². The van der Waals surface area contributed by atoms with Crippen LogP contribution in [0.2, 0.25) is 5.02 Å². The van der Waals surface area contributed by atoms with E-state index in [1.807, 2.05) is 12.1 Å². The summed E-state index contributed by atoms with van der Waals surface area (Å²) in [5, 5.41) is 9.45. The Morgan fingerprint density at radius 3 is 2.21 bits per heavy atom. The van der Waals surface area contributed by atoms with Crippen molar-refractivity contribution >= 4 is 23.6 Å². The molecule has 1 unspecified atom stereocenters. The van der Waals surface area contributed by atoms with Crippen LogP contribution in [-0.2, 0) is 10.2 Å². The van der Waals surface area contributed by atoms with Gasteiger partial charge in [0.25, 0.3) is 0 Å².